The number of alkyl carbamates (subject to hydrolysis) is 1. The number of ether oxygens (including phenoxy) is 2. The van der Waals surface area contributed by atoms with Crippen LogP contribution in [0.25, 0.3) is 0 Å². The van der Waals surface area contributed by atoms with E-state index in [0.29, 0.717) is 6.54 Å². The lowest BCUT2D eigenvalue weighted by Crippen LogP contribution is -2.31. The van der Waals surface area contributed by atoms with Gasteiger partial charge in [-0.2, -0.15) is 0 Å². The van der Waals surface area contributed by atoms with Gasteiger partial charge < -0.3 is 14.8 Å². The van der Waals surface area contributed by atoms with Gasteiger partial charge in [0, 0.05) is 24.4 Å². The third-order valence-corrected chi connectivity index (χ3v) is 3.56. The first-order valence-electron chi connectivity index (χ1n) is 8.11. The Bertz CT molecular complexity index is 635. The predicted molar refractivity (Wildman–Crippen MR) is 92.8 cm³/mol. The van der Waals surface area contributed by atoms with Crippen LogP contribution in [0.15, 0.2) is 54.7 Å². The highest BCUT2D eigenvalue weighted by atomic mass is 16.7. The minimum absolute atomic E-state index is 0.104. The average molecular weight is 342 g/mol. The monoisotopic (exact) mass is 342 g/mol. The van der Waals surface area contributed by atoms with E-state index in [1.807, 2.05) is 48.5 Å². The maximum atomic E-state index is 11.8. The number of benzene rings is 1. The number of hydrogen-bond donors (Lipinski definition) is 1. The Morgan fingerprint density at radius 3 is 2.40 bits per heavy atom. The van der Waals surface area contributed by atoms with E-state index in [1.165, 1.54) is 0 Å². The minimum atomic E-state index is -0.645. The SMILES string of the molecule is CC(C)C(=O)OCOC(=O)NCC(c1ccccc1)c1ccccn1. The van der Waals surface area contributed by atoms with Gasteiger partial charge >= 0.3 is 12.1 Å². The summed E-state index contributed by atoms with van der Waals surface area (Å²) in [7, 11) is 0. The van der Waals surface area contributed by atoms with Crippen molar-refractivity contribution in [3.8, 4) is 0 Å². The second-order valence-electron chi connectivity index (χ2n) is 5.77. The second kappa shape index (κ2) is 9.42. The normalized spacial score (nSPS) is 11.6. The van der Waals surface area contributed by atoms with Crippen LogP contribution in [-0.4, -0.2) is 30.4 Å². The standard InChI is InChI=1S/C19H22N2O4/c1-14(2)18(22)24-13-25-19(23)21-12-16(15-8-4-3-5-9-15)17-10-6-7-11-20-17/h3-11,14,16H,12-13H2,1-2H3,(H,21,23). The molecule has 1 heterocycles. The van der Waals surface area contributed by atoms with Crippen LogP contribution in [0.4, 0.5) is 4.79 Å². The molecule has 0 fully saturated rings. The third kappa shape index (κ3) is 5.91. The van der Waals surface area contributed by atoms with Gasteiger partial charge in [0.2, 0.25) is 6.79 Å². The summed E-state index contributed by atoms with van der Waals surface area (Å²) >= 11 is 0. The minimum Gasteiger partial charge on any atom is -0.428 e. The Kier molecular flexibility index (Phi) is 6.95. The maximum Gasteiger partial charge on any atom is 0.410 e. The number of esters is 1. The topological polar surface area (TPSA) is 77.5 Å². The van der Waals surface area contributed by atoms with Gasteiger partial charge in [0.1, 0.15) is 0 Å². The molecule has 1 N–H and O–H groups in total. The molecule has 1 aromatic heterocycles. The highest BCUT2D eigenvalue weighted by Gasteiger charge is 2.17. The van der Waals surface area contributed by atoms with Crippen molar-refractivity contribution in [3.63, 3.8) is 0 Å². The van der Waals surface area contributed by atoms with Crippen LogP contribution in [0.3, 0.4) is 0 Å². The van der Waals surface area contributed by atoms with E-state index in [4.69, 9.17) is 9.47 Å². The zero-order chi connectivity index (χ0) is 18.1. The van der Waals surface area contributed by atoms with E-state index in [9.17, 15) is 9.59 Å². The molecule has 0 radical (unpaired) electrons. The number of rotatable bonds is 7. The predicted octanol–water partition coefficient (Wildman–Crippen LogP) is 3.10. The van der Waals surface area contributed by atoms with Crippen molar-refractivity contribution in [3.05, 3.63) is 66.0 Å². The van der Waals surface area contributed by atoms with Crippen LogP contribution in [0.1, 0.15) is 31.0 Å². The van der Waals surface area contributed by atoms with Crippen molar-refractivity contribution in [2.24, 2.45) is 5.92 Å². The van der Waals surface area contributed by atoms with Gasteiger partial charge in [-0.1, -0.05) is 50.2 Å². The molecule has 0 saturated heterocycles. The van der Waals surface area contributed by atoms with Crippen LogP contribution in [-0.2, 0) is 14.3 Å². The molecule has 0 aliphatic heterocycles. The molecule has 0 spiro atoms. The molecule has 1 atom stereocenters. The molecule has 1 aromatic carbocycles. The molecule has 132 valence electrons. The lowest BCUT2D eigenvalue weighted by atomic mass is 9.95. The molecule has 0 bridgehead atoms. The lowest BCUT2D eigenvalue weighted by molar-refractivity contribution is -0.155. The lowest BCUT2D eigenvalue weighted by Gasteiger charge is -2.17. The van der Waals surface area contributed by atoms with Crippen LogP contribution in [0.2, 0.25) is 0 Å². The molecule has 1 amide bonds. The van der Waals surface area contributed by atoms with Crippen molar-refractivity contribution < 1.29 is 19.1 Å². The number of nitrogens with one attached hydrogen (secondary N) is 1. The largest absolute Gasteiger partial charge is 0.428 e. The summed E-state index contributed by atoms with van der Waals surface area (Å²) in [5.74, 6) is -0.783. The first kappa shape index (κ1) is 18.4. The zero-order valence-electron chi connectivity index (χ0n) is 14.3. The van der Waals surface area contributed by atoms with Crippen molar-refractivity contribution in [2.75, 3.05) is 13.3 Å². The molecule has 6 heteroatoms. The highest BCUT2D eigenvalue weighted by Crippen LogP contribution is 2.21. The van der Waals surface area contributed by atoms with E-state index in [-0.39, 0.29) is 11.8 Å². The number of amides is 1. The fraction of sp³-hybridized carbons (Fsp3) is 0.316. The molecule has 25 heavy (non-hydrogen) atoms. The van der Waals surface area contributed by atoms with Gasteiger partial charge in [0.25, 0.3) is 0 Å². The van der Waals surface area contributed by atoms with E-state index in [0.717, 1.165) is 11.3 Å². The summed E-state index contributed by atoms with van der Waals surface area (Å²) in [6.45, 7) is 3.33. The molecule has 2 rings (SSSR count). The fourth-order valence-electron chi connectivity index (χ4n) is 2.20. The number of pyridine rings is 1. The summed E-state index contributed by atoms with van der Waals surface area (Å²) in [6.07, 6.45) is 1.07. The highest BCUT2D eigenvalue weighted by molar-refractivity contribution is 5.72. The van der Waals surface area contributed by atoms with E-state index < -0.39 is 18.9 Å². The molecule has 0 aliphatic rings. The van der Waals surface area contributed by atoms with E-state index in [2.05, 4.69) is 10.3 Å². The maximum absolute atomic E-state index is 11.8. The Balaban J connectivity index is 1.92. The number of nitrogens with zero attached hydrogens (tertiary/aromatic N) is 1. The van der Waals surface area contributed by atoms with Crippen molar-refractivity contribution in [2.45, 2.75) is 19.8 Å². The van der Waals surface area contributed by atoms with Crippen LogP contribution < -0.4 is 5.32 Å². The summed E-state index contributed by atoms with van der Waals surface area (Å²) in [5.41, 5.74) is 1.88. The van der Waals surface area contributed by atoms with Gasteiger partial charge in [-0.15, -0.1) is 0 Å². The van der Waals surface area contributed by atoms with E-state index >= 15 is 0 Å². The molecule has 1 unspecified atom stereocenters. The first-order valence-corrected chi connectivity index (χ1v) is 8.11. The third-order valence-electron chi connectivity index (χ3n) is 3.56. The average Bonchev–Trinajstić information content (AvgIpc) is 2.63. The summed E-state index contributed by atoms with van der Waals surface area (Å²) < 4.78 is 9.69. The molecule has 6 nitrogen and oxygen atoms in total. The van der Waals surface area contributed by atoms with Gasteiger partial charge in [0.15, 0.2) is 0 Å². The Morgan fingerprint density at radius 1 is 1.04 bits per heavy atom. The molecule has 0 aliphatic carbocycles. The Labute approximate surface area is 147 Å². The van der Waals surface area contributed by atoms with Gasteiger partial charge in [-0.25, -0.2) is 4.79 Å². The fourth-order valence-corrected chi connectivity index (χ4v) is 2.20. The number of carbonyl (C=O) groups excluding carboxylic acids is 2. The Morgan fingerprint density at radius 2 is 1.76 bits per heavy atom. The van der Waals surface area contributed by atoms with Crippen LogP contribution in [0, 0.1) is 5.92 Å². The first-order chi connectivity index (χ1) is 12.1. The van der Waals surface area contributed by atoms with Crippen molar-refractivity contribution >= 4 is 12.1 Å². The summed E-state index contributed by atoms with van der Waals surface area (Å²) in [4.78, 5) is 27.5. The second-order valence-corrected chi connectivity index (χ2v) is 5.77. The molecular weight excluding hydrogens is 320 g/mol. The van der Waals surface area contributed by atoms with E-state index in [1.54, 1.807) is 20.0 Å². The van der Waals surface area contributed by atoms with Crippen molar-refractivity contribution in [1.82, 2.24) is 10.3 Å². The number of carbonyl (C=O) groups is 2. The van der Waals surface area contributed by atoms with Crippen LogP contribution >= 0.6 is 0 Å². The molecule has 0 saturated carbocycles. The molecule has 2 aromatic rings. The molecular formula is C19H22N2O4. The van der Waals surface area contributed by atoms with Crippen LogP contribution in [0.5, 0.6) is 0 Å². The number of hydrogen-bond acceptors (Lipinski definition) is 5. The zero-order valence-corrected chi connectivity index (χ0v) is 14.3. The van der Waals surface area contributed by atoms with Gasteiger partial charge in [0.05, 0.1) is 5.92 Å². The van der Waals surface area contributed by atoms with Gasteiger partial charge in [-0.3, -0.25) is 9.78 Å². The Hall–Kier alpha value is -2.89. The van der Waals surface area contributed by atoms with Crippen molar-refractivity contribution in [1.29, 1.82) is 0 Å². The smallest absolute Gasteiger partial charge is 0.410 e. The number of aromatic nitrogens is 1. The quantitative estimate of drug-likeness (QED) is 0.618. The summed E-state index contributed by atoms with van der Waals surface area (Å²) in [6, 6.07) is 15.4. The summed E-state index contributed by atoms with van der Waals surface area (Å²) in [5, 5.41) is 2.69. The van der Waals surface area contributed by atoms with Gasteiger partial charge in [-0.05, 0) is 17.7 Å².